The van der Waals surface area contributed by atoms with Gasteiger partial charge in [0.1, 0.15) is 5.75 Å². The largest absolute Gasteiger partial charge is 0.479 e. The van der Waals surface area contributed by atoms with Crippen LogP contribution >= 0.6 is 0 Å². The molecule has 0 bridgehead atoms. The number of carbonyl (C=O) groups is 2. The Bertz CT molecular complexity index is 762. The Morgan fingerprint density at radius 3 is 2.74 bits per heavy atom. The third-order valence-corrected chi connectivity index (χ3v) is 3.22. The van der Waals surface area contributed by atoms with Crippen LogP contribution in [0.2, 0.25) is 0 Å². The molecule has 23 heavy (non-hydrogen) atoms. The molecule has 1 aromatic heterocycles. The fourth-order valence-corrected chi connectivity index (χ4v) is 2.05. The van der Waals surface area contributed by atoms with Gasteiger partial charge in [-0.3, -0.25) is 9.48 Å². The number of nitrogens with zero attached hydrogens (tertiary/aromatic N) is 2. The van der Waals surface area contributed by atoms with Crippen molar-refractivity contribution < 1.29 is 19.4 Å². The van der Waals surface area contributed by atoms with Crippen LogP contribution in [0, 0.1) is 6.92 Å². The van der Waals surface area contributed by atoms with Gasteiger partial charge in [0.15, 0.2) is 11.9 Å². The quantitative estimate of drug-likeness (QED) is 0.654. The Morgan fingerprint density at radius 1 is 1.39 bits per heavy atom. The third kappa shape index (κ3) is 4.29. The van der Waals surface area contributed by atoms with Crippen molar-refractivity contribution in [1.82, 2.24) is 9.78 Å². The van der Waals surface area contributed by atoms with Gasteiger partial charge in [0.05, 0.1) is 11.3 Å². The molecule has 1 heterocycles. The molecule has 1 aromatic carbocycles. The van der Waals surface area contributed by atoms with Crippen LogP contribution in [0.4, 0.5) is 0 Å². The van der Waals surface area contributed by atoms with E-state index in [0.29, 0.717) is 17.0 Å². The van der Waals surface area contributed by atoms with E-state index in [1.807, 2.05) is 0 Å². The van der Waals surface area contributed by atoms with E-state index in [9.17, 15) is 9.59 Å². The first-order valence-electron chi connectivity index (χ1n) is 7.09. The summed E-state index contributed by atoms with van der Waals surface area (Å²) < 4.78 is 6.89. The number of hydrogen-bond acceptors (Lipinski definition) is 4. The second kappa shape index (κ2) is 6.91. The van der Waals surface area contributed by atoms with Gasteiger partial charge >= 0.3 is 5.97 Å². The maximum absolute atomic E-state index is 12.2. The van der Waals surface area contributed by atoms with Crippen LogP contribution < -0.4 is 4.74 Å². The van der Waals surface area contributed by atoms with Crippen LogP contribution in [-0.2, 0) is 11.8 Å². The van der Waals surface area contributed by atoms with Crippen LogP contribution in [0.3, 0.4) is 0 Å². The number of allylic oxidation sites excluding steroid dienone is 1. The van der Waals surface area contributed by atoms with E-state index < -0.39 is 12.1 Å². The van der Waals surface area contributed by atoms with E-state index in [2.05, 4.69) is 5.10 Å². The number of carbonyl (C=O) groups excluding carboxylic acids is 1. The number of aromatic nitrogens is 2. The average molecular weight is 314 g/mol. The molecule has 0 spiro atoms. The second-order valence-corrected chi connectivity index (χ2v) is 5.17. The summed E-state index contributed by atoms with van der Waals surface area (Å²) in [4.78, 5) is 23.0. The van der Waals surface area contributed by atoms with Crippen molar-refractivity contribution in [2.24, 2.45) is 7.05 Å². The fourth-order valence-electron chi connectivity index (χ4n) is 2.05. The smallest absolute Gasteiger partial charge is 0.344 e. The molecule has 6 heteroatoms. The van der Waals surface area contributed by atoms with Gasteiger partial charge < -0.3 is 9.84 Å². The lowest BCUT2D eigenvalue weighted by molar-refractivity contribution is -0.144. The Morgan fingerprint density at radius 2 is 2.13 bits per heavy atom. The van der Waals surface area contributed by atoms with Crippen LogP contribution in [0.1, 0.15) is 28.5 Å². The van der Waals surface area contributed by atoms with E-state index in [1.165, 1.54) is 13.0 Å². The van der Waals surface area contributed by atoms with Crippen LogP contribution in [0.5, 0.6) is 5.75 Å². The summed E-state index contributed by atoms with van der Waals surface area (Å²) in [6.45, 7) is 3.24. The number of benzene rings is 1. The minimum atomic E-state index is -1.03. The summed E-state index contributed by atoms with van der Waals surface area (Å²) in [6, 6.07) is 6.89. The Balaban J connectivity index is 2.12. The summed E-state index contributed by atoms with van der Waals surface area (Å²) in [6.07, 6.45) is 3.86. The van der Waals surface area contributed by atoms with Crippen molar-refractivity contribution in [2.75, 3.05) is 0 Å². The third-order valence-electron chi connectivity index (χ3n) is 3.22. The van der Waals surface area contributed by atoms with E-state index >= 15 is 0 Å². The van der Waals surface area contributed by atoms with E-state index in [4.69, 9.17) is 9.84 Å². The Hall–Kier alpha value is -2.89. The molecule has 0 aliphatic heterocycles. The number of ether oxygens (including phenoxy) is 1. The molecule has 1 N–H and O–H groups in total. The maximum atomic E-state index is 12.2. The molecule has 0 radical (unpaired) electrons. The molecular formula is C17H18N2O4. The molecule has 0 aliphatic carbocycles. The zero-order valence-electron chi connectivity index (χ0n) is 13.2. The fraction of sp³-hybridized carbons (Fsp3) is 0.235. The molecule has 2 rings (SSSR count). The van der Waals surface area contributed by atoms with Gasteiger partial charge in [0.25, 0.3) is 0 Å². The Kier molecular flexibility index (Phi) is 4.95. The lowest BCUT2D eigenvalue weighted by Gasteiger charge is -2.10. The number of hydrogen-bond donors (Lipinski definition) is 1. The van der Waals surface area contributed by atoms with Crippen LogP contribution in [-0.4, -0.2) is 32.7 Å². The first-order chi connectivity index (χ1) is 10.9. The highest BCUT2D eigenvalue weighted by Gasteiger charge is 2.12. The molecule has 0 aliphatic rings. The summed E-state index contributed by atoms with van der Waals surface area (Å²) in [7, 11) is 1.76. The predicted molar refractivity (Wildman–Crippen MR) is 85.5 cm³/mol. The monoisotopic (exact) mass is 314 g/mol. The van der Waals surface area contributed by atoms with E-state index in [0.717, 1.165) is 5.56 Å². The van der Waals surface area contributed by atoms with Gasteiger partial charge in [-0.25, -0.2) is 4.79 Å². The molecule has 1 atom stereocenters. The highest BCUT2D eigenvalue weighted by molar-refractivity contribution is 6.07. The SMILES string of the molecule is Cc1nn(C)cc1C(=O)C=Cc1cccc(OC(C)C(=O)O)c1. The predicted octanol–water partition coefficient (Wildman–Crippen LogP) is 2.48. The summed E-state index contributed by atoms with van der Waals surface area (Å²) >= 11 is 0. The normalized spacial score (nSPS) is 12.3. The maximum Gasteiger partial charge on any atom is 0.344 e. The van der Waals surface area contributed by atoms with E-state index in [1.54, 1.807) is 55.2 Å². The molecule has 0 saturated carbocycles. The number of carboxylic acids is 1. The van der Waals surface area contributed by atoms with Crippen molar-refractivity contribution in [3.63, 3.8) is 0 Å². The van der Waals surface area contributed by atoms with Crippen molar-refractivity contribution in [3.8, 4) is 5.75 Å². The van der Waals surface area contributed by atoms with Crippen LogP contribution in [0.15, 0.2) is 36.5 Å². The first kappa shape index (κ1) is 16.5. The van der Waals surface area contributed by atoms with Gasteiger partial charge in [-0.1, -0.05) is 18.2 Å². The minimum Gasteiger partial charge on any atom is -0.479 e. The van der Waals surface area contributed by atoms with Gasteiger partial charge in [0, 0.05) is 13.2 Å². The zero-order chi connectivity index (χ0) is 17.0. The molecular weight excluding hydrogens is 296 g/mol. The molecule has 120 valence electrons. The molecule has 6 nitrogen and oxygen atoms in total. The molecule has 1 unspecified atom stereocenters. The average Bonchev–Trinajstić information content (AvgIpc) is 2.84. The summed E-state index contributed by atoms with van der Waals surface area (Å²) in [5, 5.41) is 13.0. The highest BCUT2D eigenvalue weighted by Crippen LogP contribution is 2.17. The number of carboxylic acid groups (broad SMARTS) is 1. The van der Waals surface area contributed by atoms with Crippen LogP contribution in [0.25, 0.3) is 6.08 Å². The van der Waals surface area contributed by atoms with Crippen molar-refractivity contribution in [2.45, 2.75) is 20.0 Å². The molecule has 0 fully saturated rings. The highest BCUT2D eigenvalue weighted by atomic mass is 16.5. The molecule has 0 amide bonds. The number of aryl methyl sites for hydroxylation is 2. The zero-order valence-corrected chi connectivity index (χ0v) is 13.2. The first-order valence-corrected chi connectivity index (χ1v) is 7.09. The lowest BCUT2D eigenvalue weighted by atomic mass is 10.1. The lowest BCUT2D eigenvalue weighted by Crippen LogP contribution is -2.22. The van der Waals surface area contributed by atoms with Gasteiger partial charge in [-0.05, 0) is 37.6 Å². The topological polar surface area (TPSA) is 81.4 Å². The molecule has 0 saturated heterocycles. The number of rotatable bonds is 6. The molecule has 2 aromatic rings. The number of ketones is 1. The van der Waals surface area contributed by atoms with Gasteiger partial charge in [-0.2, -0.15) is 5.10 Å². The second-order valence-electron chi connectivity index (χ2n) is 5.17. The standard InChI is InChI=1S/C17H18N2O4/c1-11-15(10-19(3)18-11)16(20)8-7-13-5-4-6-14(9-13)23-12(2)17(21)22/h4-10,12H,1-3H3,(H,21,22). The Labute approximate surface area is 134 Å². The van der Waals surface area contributed by atoms with E-state index in [-0.39, 0.29) is 5.78 Å². The van der Waals surface area contributed by atoms with Crippen molar-refractivity contribution >= 4 is 17.8 Å². The minimum absolute atomic E-state index is 0.138. The van der Waals surface area contributed by atoms with Crippen molar-refractivity contribution in [3.05, 3.63) is 53.4 Å². The summed E-state index contributed by atoms with van der Waals surface area (Å²) in [5.41, 5.74) is 1.97. The summed E-state index contributed by atoms with van der Waals surface area (Å²) in [5.74, 6) is -0.735. The van der Waals surface area contributed by atoms with Gasteiger partial charge in [0.2, 0.25) is 0 Å². The number of aliphatic carboxylic acids is 1. The van der Waals surface area contributed by atoms with Gasteiger partial charge in [-0.15, -0.1) is 0 Å². The van der Waals surface area contributed by atoms with Crippen molar-refractivity contribution in [1.29, 1.82) is 0 Å².